The lowest BCUT2D eigenvalue weighted by Gasteiger charge is -2.24. The predicted octanol–water partition coefficient (Wildman–Crippen LogP) is 1.93. The molecule has 2 amide bonds. The Kier molecular flexibility index (Phi) is 5.30. The number of rotatable bonds is 3. The summed E-state index contributed by atoms with van der Waals surface area (Å²) in [6, 6.07) is 2.21. The van der Waals surface area contributed by atoms with Gasteiger partial charge in [-0.3, -0.25) is 14.6 Å². The van der Waals surface area contributed by atoms with Crippen LogP contribution in [-0.4, -0.2) is 52.8 Å². The van der Waals surface area contributed by atoms with Crippen molar-refractivity contribution in [2.75, 3.05) is 20.1 Å². The molecule has 0 radical (unpaired) electrons. The third-order valence-corrected chi connectivity index (χ3v) is 4.01. The third kappa shape index (κ3) is 4.26. The highest BCUT2D eigenvalue weighted by Crippen LogP contribution is 2.29. The average molecular weight is 354 g/mol. The zero-order valence-corrected chi connectivity index (χ0v) is 13.7. The normalized spacial score (nSPS) is 20.2. The fourth-order valence-corrected chi connectivity index (χ4v) is 2.74. The van der Waals surface area contributed by atoms with Gasteiger partial charge in [-0.15, -0.1) is 0 Å². The van der Waals surface area contributed by atoms with Gasteiger partial charge < -0.3 is 9.80 Å². The lowest BCUT2D eigenvalue weighted by molar-refractivity contribution is -0.138. The number of aromatic nitrogens is 1. The lowest BCUT2D eigenvalue weighted by Crippen LogP contribution is -2.43. The van der Waals surface area contributed by atoms with Crippen molar-refractivity contribution < 1.29 is 22.8 Å². The van der Waals surface area contributed by atoms with Gasteiger partial charge in [0.15, 0.2) is 0 Å². The van der Waals surface area contributed by atoms with E-state index < -0.39 is 29.6 Å². The first-order chi connectivity index (χ1) is 11.6. The molecule has 1 saturated heterocycles. The van der Waals surface area contributed by atoms with Gasteiger partial charge in [-0.2, -0.15) is 18.4 Å². The molecule has 25 heavy (non-hydrogen) atoms. The highest BCUT2D eigenvalue weighted by Gasteiger charge is 2.34. The molecule has 134 valence electrons. The van der Waals surface area contributed by atoms with Crippen LogP contribution in [0.1, 0.15) is 29.3 Å². The number of hydrogen-bond donors (Lipinski definition) is 0. The number of amides is 2. The van der Waals surface area contributed by atoms with Gasteiger partial charge in [-0.1, -0.05) is 6.92 Å². The smallest absolute Gasteiger partial charge is 0.332 e. The Hall–Kier alpha value is -2.63. The van der Waals surface area contributed by atoms with Crippen LogP contribution in [0.15, 0.2) is 18.5 Å². The SMILES string of the molecule is CC1CC(C#N)N(C(=O)CN(C)C(=O)c2cncc(C(F)(F)F)c2)C1. The van der Waals surface area contributed by atoms with E-state index in [1.807, 2.05) is 6.92 Å². The number of hydrogen-bond acceptors (Lipinski definition) is 4. The van der Waals surface area contributed by atoms with Gasteiger partial charge in [0.05, 0.1) is 23.7 Å². The van der Waals surface area contributed by atoms with Crippen LogP contribution in [0.3, 0.4) is 0 Å². The van der Waals surface area contributed by atoms with E-state index in [0.717, 1.165) is 11.1 Å². The Labute approximate surface area is 142 Å². The Morgan fingerprint density at radius 2 is 2.12 bits per heavy atom. The van der Waals surface area contributed by atoms with E-state index >= 15 is 0 Å². The van der Waals surface area contributed by atoms with Crippen LogP contribution in [0.4, 0.5) is 13.2 Å². The summed E-state index contributed by atoms with van der Waals surface area (Å²) < 4.78 is 38.1. The van der Waals surface area contributed by atoms with Gasteiger partial charge in [-0.25, -0.2) is 0 Å². The molecule has 9 heteroatoms. The van der Waals surface area contributed by atoms with Crippen LogP contribution in [-0.2, 0) is 11.0 Å². The summed E-state index contributed by atoms with van der Waals surface area (Å²) in [7, 11) is 1.32. The van der Waals surface area contributed by atoms with E-state index in [1.54, 1.807) is 0 Å². The molecule has 0 aliphatic carbocycles. The Bertz CT molecular complexity index is 714. The molecular formula is C16H17F3N4O2. The summed E-state index contributed by atoms with van der Waals surface area (Å²) in [4.78, 5) is 30.5. The van der Waals surface area contributed by atoms with E-state index in [-0.39, 0.29) is 18.0 Å². The van der Waals surface area contributed by atoms with Crippen molar-refractivity contribution in [2.24, 2.45) is 5.92 Å². The molecule has 1 fully saturated rings. The van der Waals surface area contributed by atoms with Gasteiger partial charge in [0.2, 0.25) is 5.91 Å². The number of halogens is 3. The van der Waals surface area contributed by atoms with E-state index in [0.29, 0.717) is 25.2 Å². The first-order valence-electron chi connectivity index (χ1n) is 7.60. The maximum atomic E-state index is 12.7. The highest BCUT2D eigenvalue weighted by atomic mass is 19.4. The molecule has 0 bridgehead atoms. The van der Waals surface area contributed by atoms with E-state index in [2.05, 4.69) is 11.1 Å². The Balaban J connectivity index is 2.08. The number of carbonyl (C=O) groups excluding carboxylic acids is 2. The lowest BCUT2D eigenvalue weighted by atomic mass is 10.1. The number of nitriles is 1. The second kappa shape index (κ2) is 7.09. The molecular weight excluding hydrogens is 337 g/mol. The molecule has 1 aromatic rings. The number of carbonyl (C=O) groups is 2. The topological polar surface area (TPSA) is 77.3 Å². The van der Waals surface area contributed by atoms with Crippen molar-refractivity contribution in [3.05, 3.63) is 29.6 Å². The molecule has 0 spiro atoms. The van der Waals surface area contributed by atoms with Gasteiger partial charge >= 0.3 is 6.18 Å². The van der Waals surface area contributed by atoms with Crippen molar-refractivity contribution in [3.63, 3.8) is 0 Å². The van der Waals surface area contributed by atoms with Crippen LogP contribution in [0.5, 0.6) is 0 Å². The molecule has 1 aliphatic rings. The molecule has 2 atom stereocenters. The zero-order valence-electron chi connectivity index (χ0n) is 13.7. The molecule has 0 saturated carbocycles. The summed E-state index contributed by atoms with van der Waals surface area (Å²) >= 11 is 0. The molecule has 0 N–H and O–H groups in total. The molecule has 2 rings (SSSR count). The van der Waals surface area contributed by atoms with E-state index in [1.165, 1.54) is 11.9 Å². The summed E-state index contributed by atoms with van der Waals surface area (Å²) in [5.41, 5.74) is -1.28. The van der Waals surface area contributed by atoms with Gasteiger partial charge in [-0.05, 0) is 18.4 Å². The van der Waals surface area contributed by atoms with Gasteiger partial charge in [0.25, 0.3) is 5.91 Å². The second-order valence-corrected chi connectivity index (χ2v) is 6.15. The maximum absolute atomic E-state index is 12.7. The molecule has 1 aliphatic heterocycles. The number of nitrogens with zero attached hydrogens (tertiary/aromatic N) is 4. The number of pyridine rings is 1. The van der Waals surface area contributed by atoms with Crippen LogP contribution >= 0.6 is 0 Å². The van der Waals surface area contributed by atoms with Gasteiger partial charge in [0.1, 0.15) is 6.04 Å². The van der Waals surface area contributed by atoms with Crippen LogP contribution in [0.25, 0.3) is 0 Å². The Morgan fingerprint density at radius 1 is 1.44 bits per heavy atom. The minimum absolute atomic E-state index is 0.183. The largest absolute Gasteiger partial charge is 0.417 e. The number of likely N-dealkylation sites (tertiary alicyclic amines) is 1. The molecule has 0 aromatic carbocycles. The first kappa shape index (κ1) is 18.7. The molecule has 2 heterocycles. The molecule has 6 nitrogen and oxygen atoms in total. The fraction of sp³-hybridized carbons (Fsp3) is 0.500. The molecule has 2 unspecified atom stereocenters. The van der Waals surface area contributed by atoms with E-state index in [4.69, 9.17) is 5.26 Å². The minimum atomic E-state index is -4.61. The van der Waals surface area contributed by atoms with Crippen molar-refractivity contribution in [1.29, 1.82) is 5.26 Å². The number of likely N-dealkylation sites (N-methyl/N-ethyl adjacent to an activating group) is 1. The van der Waals surface area contributed by atoms with Crippen molar-refractivity contribution in [1.82, 2.24) is 14.8 Å². The monoisotopic (exact) mass is 354 g/mol. The zero-order chi connectivity index (χ0) is 18.8. The molecule has 1 aromatic heterocycles. The Morgan fingerprint density at radius 3 is 2.72 bits per heavy atom. The summed E-state index contributed by atoms with van der Waals surface area (Å²) in [5, 5.41) is 9.09. The van der Waals surface area contributed by atoms with Gasteiger partial charge in [0, 0.05) is 26.0 Å². The second-order valence-electron chi connectivity index (χ2n) is 6.15. The van der Waals surface area contributed by atoms with Crippen molar-refractivity contribution in [3.8, 4) is 6.07 Å². The van der Waals surface area contributed by atoms with Crippen LogP contribution in [0.2, 0.25) is 0 Å². The average Bonchev–Trinajstić information content (AvgIpc) is 2.94. The fourth-order valence-electron chi connectivity index (χ4n) is 2.74. The van der Waals surface area contributed by atoms with Crippen molar-refractivity contribution in [2.45, 2.75) is 25.6 Å². The van der Waals surface area contributed by atoms with Crippen LogP contribution < -0.4 is 0 Å². The standard InChI is InChI=1S/C16H17F3N4O2/c1-10-3-13(5-20)23(8-10)14(24)9-22(2)15(25)11-4-12(7-21-6-11)16(17,18)19/h4,6-7,10,13H,3,8-9H2,1-2H3. The first-order valence-corrected chi connectivity index (χ1v) is 7.60. The van der Waals surface area contributed by atoms with Crippen LogP contribution in [0, 0.1) is 17.2 Å². The maximum Gasteiger partial charge on any atom is 0.417 e. The summed E-state index contributed by atoms with van der Waals surface area (Å²) in [6.45, 7) is 2.02. The minimum Gasteiger partial charge on any atom is -0.332 e. The number of alkyl halides is 3. The van der Waals surface area contributed by atoms with E-state index in [9.17, 15) is 22.8 Å². The van der Waals surface area contributed by atoms with Crippen molar-refractivity contribution >= 4 is 11.8 Å². The quantitative estimate of drug-likeness (QED) is 0.831. The summed E-state index contributed by atoms with van der Waals surface area (Å²) in [5.74, 6) is -0.971. The third-order valence-electron chi connectivity index (χ3n) is 4.01. The highest BCUT2D eigenvalue weighted by molar-refractivity contribution is 5.96. The summed E-state index contributed by atoms with van der Waals surface area (Å²) in [6.07, 6.45) is -2.39. The predicted molar refractivity (Wildman–Crippen MR) is 81.1 cm³/mol.